The molecular formula is C31H42O12. The molecule has 1 unspecified atom stereocenters. The van der Waals surface area contributed by atoms with Crippen molar-refractivity contribution in [2.75, 3.05) is 0 Å². The molecule has 5 aliphatic heterocycles. The van der Waals surface area contributed by atoms with Gasteiger partial charge in [0, 0.05) is 31.1 Å². The minimum Gasteiger partial charge on any atom is -0.458 e. The van der Waals surface area contributed by atoms with E-state index in [9.17, 15) is 34.5 Å². The lowest BCUT2D eigenvalue weighted by molar-refractivity contribution is -0.277. The number of rotatable bonds is 4. The molecule has 5 saturated heterocycles. The quantitative estimate of drug-likeness (QED) is 0.304. The van der Waals surface area contributed by atoms with E-state index in [-0.39, 0.29) is 37.1 Å². The van der Waals surface area contributed by atoms with Crippen LogP contribution in [0.15, 0.2) is 0 Å². The van der Waals surface area contributed by atoms with Crippen LogP contribution in [-0.2, 0) is 42.9 Å². The maximum Gasteiger partial charge on any atom is 0.309 e. The molecular weight excluding hydrogens is 564 g/mol. The largest absolute Gasteiger partial charge is 0.458 e. The molecule has 2 saturated carbocycles. The fraction of sp³-hybridized carbons (Fsp3) is 0.871. The zero-order valence-corrected chi connectivity index (χ0v) is 25.4. The van der Waals surface area contributed by atoms with Gasteiger partial charge in [0.05, 0.1) is 30.0 Å². The number of hydrogen-bond donors (Lipinski definition) is 3. The van der Waals surface area contributed by atoms with Gasteiger partial charge in [0.15, 0.2) is 5.60 Å². The highest BCUT2D eigenvalue weighted by atomic mass is 16.7. The lowest BCUT2D eigenvalue weighted by atomic mass is 9.67. The van der Waals surface area contributed by atoms with Crippen LogP contribution in [0.2, 0.25) is 0 Å². The van der Waals surface area contributed by atoms with Gasteiger partial charge in [-0.25, -0.2) is 0 Å². The first kappa shape index (κ1) is 29.6. The SMILES string of the molecule is CC(=O)O[C@@H]([C@@H](C)[C@@H]1[C@H]2[C@]1(C)CC[C@@]13O[C@]2(O)C(=O)[C@@H]1[C@@H](O)C[C@H]1C(C)(C)O[C@@H]2CC(=O)O[C@@]21[C@H]3O)[C@@H]1CC(C)C(=O)O1. The van der Waals surface area contributed by atoms with Crippen LogP contribution >= 0.6 is 0 Å². The molecule has 5 heterocycles. The van der Waals surface area contributed by atoms with Crippen molar-refractivity contribution in [2.45, 2.75) is 127 Å². The number of esters is 3. The van der Waals surface area contributed by atoms with Crippen molar-refractivity contribution in [3.63, 3.8) is 0 Å². The molecule has 7 rings (SSSR count). The molecule has 2 spiro atoms. The Morgan fingerprint density at radius 2 is 1.79 bits per heavy atom. The van der Waals surface area contributed by atoms with Crippen LogP contribution in [0.3, 0.4) is 0 Å². The molecule has 2 bridgehead atoms. The van der Waals surface area contributed by atoms with Gasteiger partial charge in [0.25, 0.3) is 0 Å². The Morgan fingerprint density at radius 3 is 2.42 bits per heavy atom. The number of carbonyl (C=O) groups is 4. The minimum absolute atomic E-state index is 0.00690. The molecule has 2 aliphatic carbocycles. The van der Waals surface area contributed by atoms with Gasteiger partial charge < -0.3 is 39.0 Å². The molecule has 7 fully saturated rings. The van der Waals surface area contributed by atoms with Gasteiger partial charge in [-0.05, 0) is 44.4 Å². The van der Waals surface area contributed by atoms with E-state index in [4.69, 9.17) is 23.7 Å². The molecule has 0 aromatic rings. The summed E-state index contributed by atoms with van der Waals surface area (Å²) in [6.07, 6.45) is -4.30. The second kappa shape index (κ2) is 8.78. The fourth-order valence-electron chi connectivity index (χ4n) is 10.7. The average Bonchev–Trinajstić information content (AvgIpc) is 3.02. The maximum atomic E-state index is 14.3. The van der Waals surface area contributed by atoms with Gasteiger partial charge in [0.2, 0.25) is 11.6 Å². The lowest BCUT2D eigenvalue weighted by Gasteiger charge is -2.45. The third-order valence-electron chi connectivity index (χ3n) is 12.4. The highest BCUT2D eigenvalue weighted by molar-refractivity contribution is 5.93. The van der Waals surface area contributed by atoms with E-state index in [1.807, 2.05) is 27.7 Å². The monoisotopic (exact) mass is 606 g/mol. The topological polar surface area (TPSA) is 175 Å². The molecule has 0 aromatic heterocycles. The maximum absolute atomic E-state index is 14.3. The average molecular weight is 607 g/mol. The molecule has 12 heteroatoms. The molecule has 43 heavy (non-hydrogen) atoms. The van der Waals surface area contributed by atoms with E-state index < -0.39 is 99.9 Å². The molecule has 15 atom stereocenters. The summed E-state index contributed by atoms with van der Waals surface area (Å²) in [5.74, 6) is -8.26. The number of cyclic esters (lactones) is 1. The Labute approximate surface area is 249 Å². The smallest absolute Gasteiger partial charge is 0.309 e. The minimum atomic E-state index is -2.35. The molecule has 7 aliphatic rings. The molecule has 238 valence electrons. The van der Waals surface area contributed by atoms with Crippen molar-refractivity contribution in [3.05, 3.63) is 0 Å². The first-order valence-corrected chi connectivity index (χ1v) is 15.5. The lowest BCUT2D eigenvalue weighted by Crippen LogP contribution is -2.64. The van der Waals surface area contributed by atoms with Crippen LogP contribution in [0.4, 0.5) is 0 Å². The standard InChI is InChI=1S/C31H42O12/c1-12-9-16(40-25(12)36)22(39-14(3)32)13(2)20-23-28(20,6)7-8-29-21(24(35)31(23,38)43-29)15(33)10-17-27(4,5)41-18-11-19(34)42-30(17,18)26(29)37/h12-13,15-18,20-23,26,33,37-38H,7-11H2,1-6H3/t12?,13-,15-,16-,17-,18+,20+,21-,22-,23-,26-,28+,29+,30+,31-/m0/s1. The van der Waals surface area contributed by atoms with E-state index in [1.165, 1.54) is 6.92 Å². The van der Waals surface area contributed by atoms with Crippen LogP contribution in [-0.4, -0.2) is 92.1 Å². The van der Waals surface area contributed by atoms with Crippen molar-refractivity contribution in [1.82, 2.24) is 0 Å². The number of ketones is 1. The third kappa shape index (κ3) is 3.55. The number of fused-ring (bicyclic) bond motifs is 3. The van der Waals surface area contributed by atoms with E-state index in [1.54, 1.807) is 6.92 Å². The van der Waals surface area contributed by atoms with Crippen LogP contribution < -0.4 is 0 Å². The summed E-state index contributed by atoms with van der Waals surface area (Å²) in [4.78, 5) is 51.3. The first-order chi connectivity index (χ1) is 19.9. The number of aliphatic hydroxyl groups is 3. The van der Waals surface area contributed by atoms with Crippen LogP contribution in [0.25, 0.3) is 0 Å². The summed E-state index contributed by atoms with van der Waals surface area (Å²) in [5, 5.41) is 36.2. The summed E-state index contributed by atoms with van der Waals surface area (Å²) in [7, 11) is 0. The van der Waals surface area contributed by atoms with Crippen LogP contribution in [0.1, 0.15) is 73.6 Å². The molecule has 12 nitrogen and oxygen atoms in total. The zero-order valence-electron chi connectivity index (χ0n) is 25.4. The molecule has 3 N–H and O–H groups in total. The first-order valence-electron chi connectivity index (χ1n) is 15.5. The van der Waals surface area contributed by atoms with E-state index in [0.717, 1.165) is 0 Å². The Hall–Kier alpha value is -2.12. The predicted molar refractivity (Wildman–Crippen MR) is 142 cm³/mol. The number of aliphatic hydroxyl groups excluding tert-OH is 2. The second-order valence-electron chi connectivity index (χ2n) is 15.1. The van der Waals surface area contributed by atoms with Crippen molar-refractivity contribution in [3.8, 4) is 0 Å². The van der Waals surface area contributed by atoms with E-state index in [2.05, 4.69) is 0 Å². The highest BCUT2D eigenvalue weighted by Crippen LogP contribution is 2.76. The van der Waals surface area contributed by atoms with Gasteiger partial charge in [-0.2, -0.15) is 0 Å². The van der Waals surface area contributed by atoms with Crippen molar-refractivity contribution in [1.29, 1.82) is 0 Å². The molecule has 0 aromatic carbocycles. The van der Waals surface area contributed by atoms with Gasteiger partial charge in [-0.3, -0.25) is 19.2 Å². The highest BCUT2D eigenvalue weighted by Gasteiger charge is 2.86. The Kier molecular flexibility index (Phi) is 6.04. The normalized spacial score (nSPS) is 53.8. The Bertz CT molecular complexity index is 1300. The summed E-state index contributed by atoms with van der Waals surface area (Å²) in [6, 6.07) is 0. The van der Waals surface area contributed by atoms with Gasteiger partial charge in [-0.15, -0.1) is 0 Å². The number of Topliss-reactive ketones (excluding diaryl/α,β-unsaturated/α-hetero) is 1. The van der Waals surface area contributed by atoms with Crippen LogP contribution in [0, 0.1) is 40.9 Å². The fourth-order valence-corrected chi connectivity index (χ4v) is 10.7. The van der Waals surface area contributed by atoms with Crippen LogP contribution in [0.5, 0.6) is 0 Å². The van der Waals surface area contributed by atoms with Crippen molar-refractivity contribution in [2.24, 2.45) is 40.9 Å². The summed E-state index contributed by atoms with van der Waals surface area (Å²) in [6.45, 7) is 10.5. The van der Waals surface area contributed by atoms with E-state index in [0.29, 0.717) is 12.8 Å². The Balaban J connectivity index is 1.26. The van der Waals surface area contributed by atoms with Gasteiger partial charge in [0.1, 0.15) is 30.0 Å². The molecule has 0 amide bonds. The van der Waals surface area contributed by atoms with Crippen molar-refractivity contribution < 1.29 is 58.2 Å². The third-order valence-corrected chi connectivity index (χ3v) is 12.4. The summed E-state index contributed by atoms with van der Waals surface area (Å²) < 4.78 is 29.9. The second-order valence-corrected chi connectivity index (χ2v) is 15.1. The number of ether oxygens (including phenoxy) is 5. The van der Waals surface area contributed by atoms with Crippen molar-refractivity contribution >= 4 is 23.7 Å². The molecule has 0 radical (unpaired) electrons. The Morgan fingerprint density at radius 1 is 1.09 bits per heavy atom. The number of carbonyl (C=O) groups excluding carboxylic acids is 4. The predicted octanol–water partition coefficient (Wildman–Crippen LogP) is 0.800. The summed E-state index contributed by atoms with van der Waals surface area (Å²) in [5.41, 5.74) is -4.81. The van der Waals surface area contributed by atoms with Gasteiger partial charge in [-0.1, -0.05) is 20.8 Å². The number of hydrogen-bond acceptors (Lipinski definition) is 12. The summed E-state index contributed by atoms with van der Waals surface area (Å²) >= 11 is 0. The van der Waals surface area contributed by atoms with Gasteiger partial charge >= 0.3 is 17.9 Å². The van der Waals surface area contributed by atoms with E-state index >= 15 is 0 Å². The zero-order chi connectivity index (χ0) is 31.2.